The van der Waals surface area contributed by atoms with Gasteiger partial charge in [-0.3, -0.25) is 58.7 Å². The Morgan fingerprint density at radius 3 is 1.20 bits per heavy atom. The lowest BCUT2D eigenvalue weighted by Gasteiger charge is -2.26. The van der Waals surface area contributed by atoms with Crippen LogP contribution in [-0.2, 0) is 71.3 Å². The van der Waals surface area contributed by atoms with Gasteiger partial charge in [0.25, 0.3) is 22.2 Å². The lowest BCUT2D eigenvalue weighted by molar-refractivity contribution is 0.0364. The van der Waals surface area contributed by atoms with Crippen molar-refractivity contribution in [2.45, 2.75) is 52.3 Å². The van der Waals surface area contributed by atoms with E-state index >= 15 is 0 Å². The number of rotatable bonds is 24. The van der Waals surface area contributed by atoms with Crippen LogP contribution in [-0.4, -0.2) is 229 Å². The molecule has 32 nitrogen and oxygen atoms in total. The molecule has 0 spiro atoms. The van der Waals surface area contributed by atoms with Gasteiger partial charge in [-0.2, -0.15) is 19.9 Å². The van der Waals surface area contributed by atoms with Crippen molar-refractivity contribution in [3.05, 3.63) is 202 Å². The van der Waals surface area contributed by atoms with E-state index in [0.717, 1.165) is 21.3 Å². The summed E-state index contributed by atoms with van der Waals surface area (Å²) in [7, 11) is 0. The zero-order chi connectivity index (χ0) is 91.4. The van der Waals surface area contributed by atoms with E-state index in [1.54, 1.807) is 70.4 Å². The highest BCUT2D eigenvalue weighted by molar-refractivity contribution is 6.43. The number of benzene rings is 4. The molecule has 4 aromatic carbocycles. The monoisotopic (exact) mass is 1700 g/mol. The van der Waals surface area contributed by atoms with E-state index in [1.165, 1.54) is 26.7 Å². The first-order valence-corrected chi connectivity index (χ1v) is 37.5. The Morgan fingerprint density at radius 1 is 0.375 bits per heavy atom. The second-order valence-corrected chi connectivity index (χ2v) is 28.0. The van der Waals surface area contributed by atoms with E-state index < -0.39 is 55.9 Å². The molecule has 0 saturated carbocycles. The molecule has 0 amide bonds. The number of halogens is 8. The second kappa shape index (κ2) is 39.5. The minimum atomic E-state index is -2.05. The van der Waals surface area contributed by atoms with Crippen LogP contribution in [0.4, 0.5) is 23.8 Å². The number of aryl methyl sites for hydroxylation is 1. The zero-order valence-electron chi connectivity index (χ0n) is 74.0. The van der Waals surface area contributed by atoms with Crippen LogP contribution in [0.1, 0.15) is 42.8 Å². The Hall–Kier alpha value is -8.52. The van der Waals surface area contributed by atoms with Crippen LogP contribution in [0.5, 0.6) is 0 Å². The van der Waals surface area contributed by atoms with Gasteiger partial charge in [-0.05, 0) is 70.7 Å². The van der Waals surface area contributed by atoms with Crippen LogP contribution in [0.3, 0.4) is 0 Å². The lowest BCUT2D eigenvalue weighted by atomic mass is 10.2. The van der Waals surface area contributed by atoms with Gasteiger partial charge in [0.05, 0.1) is 135 Å². The molecule has 12 aromatic rings. The summed E-state index contributed by atoms with van der Waals surface area (Å²) in [6, 6.07) is 17.0. The molecule has 0 bridgehead atoms. The summed E-state index contributed by atoms with van der Waals surface area (Å²) in [6.45, 7) is -5.95. The molecule has 4 aliphatic heterocycles. The number of anilines is 4. The minimum Gasteiger partial charge on any atom is -0.379 e. The Morgan fingerprint density at radius 2 is 0.732 bits per heavy atom. The number of imidazole rings is 4. The third kappa shape index (κ3) is 22.1. The van der Waals surface area contributed by atoms with Gasteiger partial charge >= 0.3 is 0 Å². The van der Waals surface area contributed by atoms with Crippen LogP contribution in [0.15, 0.2) is 117 Å². The van der Waals surface area contributed by atoms with E-state index in [0.29, 0.717) is 109 Å². The van der Waals surface area contributed by atoms with Crippen molar-refractivity contribution in [2.75, 3.05) is 152 Å². The van der Waals surface area contributed by atoms with E-state index in [-0.39, 0.29) is 173 Å². The van der Waals surface area contributed by atoms with Crippen molar-refractivity contribution in [1.29, 1.82) is 0 Å². The topological polar surface area (TPSA) is 352 Å². The van der Waals surface area contributed by atoms with Crippen molar-refractivity contribution < 1.29 is 39.5 Å². The summed E-state index contributed by atoms with van der Waals surface area (Å²) in [5, 5.41) is 14.6. The number of fused-ring (bicyclic) bond motifs is 4. The predicted octanol–water partition coefficient (Wildman–Crippen LogP) is 9.48. The summed E-state index contributed by atoms with van der Waals surface area (Å²) in [5.74, 6) is 0.796. The van der Waals surface area contributed by atoms with Gasteiger partial charge in [0.2, 0.25) is 23.8 Å². The first-order valence-electron chi connectivity index (χ1n) is 42.0. The van der Waals surface area contributed by atoms with E-state index in [4.69, 9.17) is 132 Å². The molecule has 0 aliphatic carbocycles. The maximum absolute atomic E-state index is 12.8. The van der Waals surface area contributed by atoms with Crippen LogP contribution in [0.2, 0.25) is 40.2 Å². The zero-order valence-corrected chi connectivity index (χ0v) is 65.1. The van der Waals surface area contributed by atoms with Gasteiger partial charge < -0.3 is 58.5 Å². The standard InChI is InChI=1S/4C18H20Cl2N6O2/c4*19-13-2-1-12(9-14(13)20)10-21-18-23-16-15(17(27)24-18)26(11-22-16)4-3-25-5-7-28-8-6-25/h4*1-2,9,11H,3-8,10H2,(H2,21,23,24,27)/i4D2,7D2,9D;7D2,11D;3D2,7D2;2D,7D2. The first kappa shape index (κ1) is 63.8. The summed E-state index contributed by atoms with van der Waals surface area (Å²) in [5.41, 5.74) is 2.47. The van der Waals surface area contributed by atoms with Crippen molar-refractivity contribution >= 4 is 161 Å². The number of aromatic amines is 4. The third-order valence-corrected chi connectivity index (χ3v) is 20.1. The molecule has 0 atom stereocenters. The summed E-state index contributed by atoms with van der Waals surface area (Å²) in [6.07, 6.45) is 4.03. The van der Waals surface area contributed by atoms with Crippen LogP contribution >= 0.6 is 92.8 Å². The number of hydrogen-bond acceptors (Lipinski definition) is 24. The predicted molar refractivity (Wildman–Crippen MR) is 437 cm³/mol. The Balaban J connectivity index is 0.000000145. The number of nitrogens with zero attached hydrogens (tertiary/aromatic N) is 16. The first-order chi connectivity index (χ1) is 59.9. The molecule has 4 aliphatic rings. The highest BCUT2D eigenvalue weighted by Gasteiger charge is 2.20. The quantitative estimate of drug-likeness (QED) is 0.0279. The van der Waals surface area contributed by atoms with Crippen LogP contribution in [0.25, 0.3) is 44.7 Å². The Kier molecular flexibility index (Phi) is 22.5. The van der Waals surface area contributed by atoms with Crippen LogP contribution < -0.4 is 43.5 Å². The highest BCUT2D eigenvalue weighted by atomic mass is 35.5. The number of ether oxygens (including phenoxy) is 4. The number of H-pyrrole nitrogens is 4. The smallest absolute Gasteiger partial charge is 0.278 e. The van der Waals surface area contributed by atoms with Crippen molar-refractivity contribution in [1.82, 2.24) is 97.7 Å². The molecule has 4 saturated heterocycles. The van der Waals surface area contributed by atoms with Gasteiger partial charge in [0.1, 0.15) is 1.37 Å². The molecule has 8 aromatic heterocycles. The molecule has 4 fully saturated rings. The van der Waals surface area contributed by atoms with Gasteiger partial charge in [0, 0.05) is 134 Å². The fraction of sp³-hybridized carbons (Fsp3) is 0.389. The average Bonchev–Trinajstić information content (AvgIpc) is 1.65. The molecular weight excluding hydrogens is 1610 g/mol. The number of aromatic nitrogens is 16. The van der Waals surface area contributed by atoms with E-state index in [2.05, 4.69) is 81.1 Å². The van der Waals surface area contributed by atoms with E-state index in [1.807, 2.05) is 15.9 Å². The molecule has 0 unspecified atom stereocenters. The number of morpholine rings is 4. The van der Waals surface area contributed by atoms with Gasteiger partial charge in [-0.15, -0.1) is 0 Å². The fourth-order valence-electron chi connectivity index (χ4n) is 11.3. The number of hydrogen-bond donors (Lipinski definition) is 8. The Bertz CT molecular complexity index is 6250. The molecule has 8 N–H and O–H groups in total. The van der Waals surface area contributed by atoms with E-state index in [9.17, 15) is 19.2 Å². The number of nitrogens with one attached hydrogen (secondary N) is 8. The fourth-order valence-corrected chi connectivity index (χ4v) is 12.5. The maximum Gasteiger partial charge on any atom is 0.278 e. The van der Waals surface area contributed by atoms with Crippen molar-refractivity contribution in [3.63, 3.8) is 0 Å². The third-order valence-electron chi connectivity index (χ3n) is 17.2. The SMILES string of the molecule is [2H]C1([2H])CN(C([2H])([2H])Cn2cnc3nc(NCc4ccc(Cl)c(Cl)c4)[nH]c(=O)c32)CCO1.[2H]c1c(CNc2nc3ncn(C([2H])([2H])CN4CCOC([2H])([2H])C4)c3c(=O)[nH]2)ccc(Cl)c1Cl.[2H]c1cc(CNc2nc3ncn(CCN4CCOC([2H])([2H])C4)c3c(=O)[nH]2)cc(Cl)c1Cl.[2H]c1nc2nc(NCc3ccc(Cl)c(Cl)c3)[nH]c(=O)c2n1CCN1CCOC([2H])([2H])C1. The molecule has 0 radical (unpaired) electrons. The molecule has 40 heteroatoms. The van der Waals surface area contributed by atoms with Gasteiger partial charge in [-0.25, -0.2) is 19.9 Å². The van der Waals surface area contributed by atoms with Crippen molar-refractivity contribution in [3.8, 4) is 0 Å². The largest absolute Gasteiger partial charge is 0.379 e. The molecular formula is C72H80Cl8N24O8. The van der Waals surface area contributed by atoms with Crippen LogP contribution in [0, 0.1) is 0 Å². The van der Waals surface area contributed by atoms with Crippen molar-refractivity contribution in [2.24, 2.45) is 0 Å². The molecule has 112 heavy (non-hydrogen) atoms. The average molecular weight is 1710 g/mol. The molecule has 12 heterocycles. The van der Waals surface area contributed by atoms with Gasteiger partial charge in [-0.1, -0.05) is 117 Å². The Labute approximate surface area is 701 Å². The summed E-state index contributed by atoms with van der Waals surface area (Å²) < 4.78 is 145. The summed E-state index contributed by atoms with van der Waals surface area (Å²) >= 11 is 47.7. The lowest BCUT2D eigenvalue weighted by Crippen LogP contribution is -2.38. The molecule has 592 valence electrons. The minimum absolute atomic E-state index is 0.0439. The normalized spacial score (nSPS) is 19.2. The molecule has 16 rings (SSSR count). The second-order valence-electron chi connectivity index (χ2n) is 24.8. The summed E-state index contributed by atoms with van der Waals surface area (Å²) in [4.78, 5) is 102. The van der Waals surface area contributed by atoms with Gasteiger partial charge in [0.15, 0.2) is 44.7 Å². The maximum atomic E-state index is 12.8. The highest BCUT2D eigenvalue weighted by Crippen LogP contribution is 2.27.